The van der Waals surface area contributed by atoms with Crippen LogP contribution >= 0.6 is 0 Å². The minimum Gasteiger partial charge on any atom is -0.396 e. The summed E-state index contributed by atoms with van der Waals surface area (Å²) in [5.41, 5.74) is -0.0443. The van der Waals surface area contributed by atoms with E-state index in [1.165, 1.54) is 6.42 Å². The molecule has 1 heterocycles. The van der Waals surface area contributed by atoms with Crippen molar-refractivity contribution >= 4 is 0 Å². The van der Waals surface area contributed by atoms with Gasteiger partial charge in [-0.05, 0) is 25.2 Å². The Hall–Kier alpha value is -0.0800. The van der Waals surface area contributed by atoms with Gasteiger partial charge in [0.15, 0.2) is 0 Å². The molecule has 0 aromatic heterocycles. The van der Waals surface area contributed by atoms with Crippen molar-refractivity contribution in [1.29, 1.82) is 0 Å². The van der Waals surface area contributed by atoms with E-state index >= 15 is 0 Å². The van der Waals surface area contributed by atoms with Crippen molar-refractivity contribution < 1.29 is 9.84 Å². The zero-order valence-corrected chi connectivity index (χ0v) is 10.6. The third kappa shape index (κ3) is 2.54. The van der Waals surface area contributed by atoms with Crippen LogP contribution in [0.3, 0.4) is 0 Å². The summed E-state index contributed by atoms with van der Waals surface area (Å²) >= 11 is 0. The second kappa shape index (κ2) is 5.31. The summed E-state index contributed by atoms with van der Waals surface area (Å²) < 4.78 is 6.10. The summed E-state index contributed by atoms with van der Waals surface area (Å²) in [7, 11) is 0. The van der Waals surface area contributed by atoms with Crippen LogP contribution in [0.2, 0.25) is 0 Å². The van der Waals surface area contributed by atoms with Crippen LogP contribution in [0.15, 0.2) is 0 Å². The third-order valence-corrected chi connectivity index (χ3v) is 4.25. The molecule has 0 bridgehead atoms. The van der Waals surface area contributed by atoms with Gasteiger partial charge in [-0.3, -0.25) is 0 Å². The maximum atomic E-state index is 9.48. The first-order chi connectivity index (χ1) is 7.11. The second-order valence-electron chi connectivity index (χ2n) is 5.14. The molecule has 0 aromatic carbocycles. The van der Waals surface area contributed by atoms with Crippen LogP contribution in [0.25, 0.3) is 0 Å². The van der Waals surface area contributed by atoms with Crippen molar-refractivity contribution in [2.45, 2.75) is 65.6 Å². The molecule has 1 aliphatic rings. The van der Waals surface area contributed by atoms with Gasteiger partial charge >= 0.3 is 0 Å². The second-order valence-corrected chi connectivity index (χ2v) is 5.14. The molecule has 2 heteroatoms. The molecule has 15 heavy (non-hydrogen) atoms. The Morgan fingerprint density at radius 3 is 2.27 bits per heavy atom. The van der Waals surface area contributed by atoms with Gasteiger partial charge in [-0.1, -0.05) is 34.1 Å². The SMILES string of the molecule is CCC1CC(C(C)(CC)CO)OC1CC. The lowest BCUT2D eigenvalue weighted by atomic mass is 9.79. The van der Waals surface area contributed by atoms with Crippen molar-refractivity contribution in [2.75, 3.05) is 6.61 Å². The van der Waals surface area contributed by atoms with Crippen LogP contribution < -0.4 is 0 Å². The topological polar surface area (TPSA) is 29.5 Å². The Kier molecular flexibility index (Phi) is 4.60. The molecule has 1 rings (SSSR count). The molecule has 4 atom stereocenters. The fourth-order valence-corrected chi connectivity index (χ4v) is 2.55. The molecule has 1 aliphatic heterocycles. The molecule has 90 valence electrons. The van der Waals surface area contributed by atoms with Crippen LogP contribution in [-0.4, -0.2) is 23.9 Å². The molecule has 0 aromatic rings. The van der Waals surface area contributed by atoms with Crippen molar-refractivity contribution in [2.24, 2.45) is 11.3 Å². The van der Waals surface area contributed by atoms with Gasteiger partial charge in [0, 0.05) is 5.41 Å². The van der Waals surface area contributed by atoms with Gasteiger partial charge in [0.05, 0.1) is 18.8 Å². The summed E-state index contributed by atoms with van der Waals surface area (Å²) in [5, 5.41) is 9.48. The van der Waals surface area contributed by atoms with Gasteiger partial charge in [-0.15, -0.1) is 0 Å². The summed E-state index contributed by atoms with van der Waals surface area (Å²) in [6.07, 6.45) is 5.07. The lowest BCUT2D eigenvalue weighted by Gasteiger charge is -2.32. The molecular formula is C13H26O2. The van der Waals surface area contributed by atoms with E-state index < -0.39 is 0 Å². The Labute approximate surface area is 94.0 Å². The minimum absolute atomic E-state index is 0.0443. The monoisotopic (exact) mass is 214 g/mol. The quantitative estimate of drug-likeness (QED) is 0.762. The minimum atomic E-state index is -0.0443. The first kappa shape index (κ1) is 13.0. The van der Waals surface area contributed by atoms with E-state index in [9.17, 15) is 5.11 Å². The fraction of sp³-hybridized carbons (Fsp3) is 1.00. The van der Waals surface area contributed by atoms with Crippen LogP contribution in [-0.2, 0) is 4.74 Å². The van der Waals surface area contributed by atoms with Gasteiger partial charge in [-0.25, -0.2) is 0 Å². The number of hydrogen-bond acceptors (Lipinski definition) is 2. The highest BCUT2D eigenvalue weighted by Gasteiger charge is 2.42. The fourth-order valence-electron chi connectivity index (χ4n) is 2.55. The Bertz CT molecular complexity index is 175. The number of hydrogen-bond donors (Lipinski definition) is 1. The summed E-state index contributed by atoms with van der Waals surface area (Å²) in [4.78, 5) is 0. The number of rotatable bonds is 5. The van der Waals surface area contributed by atoms with Gasteiger partial charge in [-0.2, -0.15) is 0 Å². The van der Waals surface area contributed by atoms with Crippen molar-refractivity contribution in [3.8, 4) is 0 Å². The average Bonchev–Trinajstić information content (AvgIpc) is 2.71. The average molecular weight is 214 g/mol. The zero-order chi connectivity index (χ0) is 11.5. The van der Waals surface area contributed by atoms with Crippen LogP contribution in [0.5, 0.6) is 0 Å². The van der Waals surface area contributed by atoms with E-state index in [4.69, 9.17) is 4.74 Å². The Morgan fingerprint density at radius 2 is 1.93 bits per heavy atom. The molecular weight excluding hydrogens is 188 g/mol. The first-order valence-electron chi connectivity index (χ1n) is 6.37. The highest BCUT2D eigenvalue weighted by atomic mass is 16.5. The summed E-state index contributed by atoms with van der Waals surface area (Å²) in [6.45, 7) is 8.95. The van der Waals surface area contributed by atoms with Crippen LogP contribution in [0.1, 0.15) is 53.4 Å². The molecule has 0 spiro atoms. The third-order valence-electron chi connectivity index (χ3n) is 4.25. The molecule has 1 fully saturated rings. The van der Waals surface area contributed by atoms with Crippen molar-refractivity contribution in [1.82, 2.24) is 0 Å². The van der Waals surface area contributed by atoms with E-state index in [2.05, 4.69) is 27.7 Å². The molecule has 0 amide bonds. The standard InChI is InChI=1S/C13H26O2/c1-5-10-8-12(15-11(10)6-2)13(4,7-3)9-14/h10-12,14H,5-9H2,1-4H3. The van der Waals surface area contributed by atoms with E-state index in [0.717, 1.165) is 19.3 Å². The highest BCUT2D eigenvalue weighted by Crippen LogP contribution is 2.41. The molecule has 0 saturated carbocycles. The van der Waals surface area contributed by atoms with E-state index in [-0.39, 0.29) is 18.1 Å². The lowest BCUT2D eigenvalue weighted by Crippen LogP contribution is -2.35. The van der Waals surface area contributed by atoms with Crippen molar-refractivity contribution in [3.63, 3.8) is 0 Å². The predicted molar refractivity (Wildman–Crippen MR) is 62.8 cm³/mol. The first-order valence-corrected chi connectivity index (χ1v) is 6.37. The van der Waals surface area contributed by atoms with Gasteiger partial charge in [0.1, 0.15) is 0 Å². The maximum absolute atomic E-state index is 9.48. The molecule has 0 aliphatic carbocycles. The highest BCUT2D eigenvalue weighted by molar-refractivity contribution is 4.90. The Balaban J connectivity index is 2.67. The smallest absolute Gasteiger partial charge is 0.0658 e. The van der Waals surface area contributed by atoms with Gasteiger partial charge in [0.25, 0.3) is 0 Å². The van der Waals surface area contributed by atoms with Gasteiger partial charge < -0.3 is 9.84 Å². The molecule has 2 nitrogen and oxygen atoms in total. The lowest BCUT2D eigenvalue weighted by molar-refractivity contribution is -0.0582. The normalized spacial score (nSPS) is 35.4. The zero-order valence-electron chi connectivity index (χ0n) is 10.6. The van der Waals surface area contributed by atoms with Crippen molar-refractivity contribution in [3.05, 3.63) is 0 Å². The largest absolute Gasteiger partial charge is 0.396 e. The van der Waals surface area contributed by atoms with Crippen LogP contribution in [0, 0.1) is 11.3 Å². The number of ether oxygens (including phenoxy) is 1. The van der Waals surface area contributed by atoms with Gasteiger partial charge in [0.2, 0.25) is 0 Å². The molecule has 4 unspecified atom stereocenters. The van der Waals surface area contributed by atoms with Crippen LogP contribution in [0.4, 0.5) is 0 Å². The van der Waals surface area contributed by atoms with E-state index in [1.54, 1.807) is 0 Å². The maximum Gasteiger partial charge on any atom is 0.0658 e. The van der Waals surface area contributed by atoms with E-state index in [1.807, 2.05) is 0 Å². The molecule has 1 N–H and O–H groups in total. The van der Waals surface area contributed by atoms with E-state index in [0.29, 0.717) is 12.0 Å². The molecule has 1 saturated heterocycles. The summed E-state index contributed by atoms with van der Waals surface area (Å²) in [5.74, 6) is 0.692. The number of aliphatic hydroxyl groups excluding tert-OH is 1. The molecule has 0 radical (unpaired) electrons. The number of aliphatic hydroxyl groups is 1. The summed E-state index contributed by atoms with van der Waals surface area (Å²) in [6, 6.07) is 0. The Morgan fingerprint density at radius 1 is 1.27 bits per heavy atom. The predicted octanol–water partition coefficient (Wildman–Crippen LogP) is 2.99.